The Labute approximate surface area is 365 Å². The van der Waals surface area contributed by atoms with Crippen molar-refractivity contribution in [3.8, 4) is 0 Å². The van der Waals surface area contributed by atoms with E-state index in [2.05, 4.69) is 43.5 Å². The number of ether oxygens (including phenoxy) is 2. The van der Waals surface area contributed by atoms with E-state index in [9.17, 15) is 40.5 Å². The van der Waals surface area contributed by atoms with Crippen LogP contribution in [0.1, 0.15) is 213 Å². The monoisotopic (exact) mass is 856 g/mol. The molecule has 9 atom stereocenters. The lowest BCUT2D eigenvalue weighted by Gasteiger charge is -2.40. The van der Waals surface area contributed by atoms with E-state index in [1.54, 1.807) is 0 Å². The smallest absolute Gasteiger partial charge is 0.249 e. The maximum Gasteiger partial charge on any atom is 0.249 e. The molecule has 1 amide bonds. The molecule has 1 saturated heterocycles. The predicted octanol–water partition coefficient (Wildman–Crippen LogP) is 8.62. The molecular formula is C49H93NO10. The number of carbonyl (C=O) groups is 1. The molecular weight excluding hydrogens is 763 g/mol. The zero-order chi connectivity index (χ0) is 44.1. The number of allylic oxidation sites excluding steroid dienone is 4. The van der Waals surface area contributed by atoms with Crippen LogP contribution >= 0.6 is 0 Å². The summed E-state index contributed by atoms with van der Waals surface area (Å²) in [5.41, 5.74) is 0. The number of aliphatic hydroxyl groups excluding tert-OH is 7. The standard InChI is InChI=1S/C49H93NO10/c1-3-5-7-9-11-13-15-17-19-20-21-22-23-25-26-28-30-32-34-36-41(52)44(54)40(39-59-49-47(57)46(56)45(55)43(38-51)60-49)50-48(58)42(53)37-35-33-31-29-27-24-18-16-14-12-10-8-6-4-2/h22-23,28,30,40-47,49,51-57H,3-21,24-27,29,31-39H2,1-2H3,(H,50,58)/b23-22+,30-28+. The van der Waals surface area contributed by atoms with Crippen LogP contribution in [0.4, 0.5) is 0 Å². The van der Waals surface area contributed by atoms with Gasteiger partial charge in [-0.25, -0.2) is 0 Å². The van der Waals surface area contributed by atoms with Gasteiger partial charge in [0.2, 0.25) is 5.91 Å². The lowest BCUT2D eigenvalue weighted by atomic mass is 9.98. The molecule has 0 aromatic rings. The Morgan fingerprint density at radius 3 is 1.48 bits per heavy atom. The van der Waals surface area contributed by atoms with Crippen LogP contribution in [-0.2, 0) is 14.3 Å². The Balaban J connectivity index is 2.45. The van der Waals surface area contributed by atoms with Crippen molar-refractivity contribution in [3.05, 3.63) is 24.3 Å². The number of unbranched alkanes of at least 4 members (excludes halogenated alkanes) is 25. The lowest BCUT2D eigenvalue weighted by molar-refractivity contribution is -0.303. The molecule has 0 radical (unpaired) electrons. The first-order valence-corrected chi connectivity index (χ1v) is 24.7. The van der Waals surface area contributed by atoms with Gasteiger partial charge in [0.1, 0.15) is 36.6 Å². The van der Waals surface area contributed by atoms with Crippen LogP contribution in [0.5, 0.6) is 0 Å². The predicted molar refractivity (Wildman–Crippen MR) is 242 cm³/mol. The second-order valence-corrected chi connectivity index (χ2v) is 17.5. The highest BCUT2D eigenvalue weighted by Gasteiger charge is 2.44. The molecule has 0 spiro atoms. The van der Waals surface area contributed by atoms with Gasteiger partial charge in [0.05, 0.1) is 25.4 Å². The summed E-state index contributed by atoms with van der Waals surface area (Å²) >= 11 is 0. The number of nitrogens with one attached hydrogen (secondary N) is 1. The Morgan fingerprint density at radius 1 is 0.567 bits per heavy atom. The second kappa shape index (κ2) is 39.2. The summed E-state index contributed by atoms with van der Waals surface area (Å²) in [6, 6.07) is -1.19. The van der Waals surface area contributed by atoms with Gasteiger partial charge in [-0.15, -0.1) is 0 Å². The Bertz CT molecular complexity index is 1030. The van der Waals surface area contributed by atoms with E-state index in [0.717, 1.165) is 38.5 Å². The van der Waals surface area contributed by atoms with Crippen molar-refractivity contribution in [1.29, 1.82) is 0 Å². The van der Waals surface area contributed by atoms with Gasteiger partial charge >= 0.3 is 0 Å². The third-order valence-corrected chi connectivity index (χ3v) is 12.0. The second-order valence-electron chi connectivity index (χ2n) is 17.5. The van der Waals surface area contributed by atoms with Gasteiger partial charge in [-0.2, -0.15) is 0 Å². The summed E-state index contributed by atoms with van der Waals surface area (Å²) in [7, 11) is 0. The minimum Gasteiger partial charge on any atom is -0.394 e. The molecule has 0 aliphatic carbocycles. The Morgan fingerprint density at radius 2 is 1.00 bits per heavy atom. The van der Waals surface area contributed by atoms with Crippen LogP contribution < -0.4 is 5.32 Å². The van der Waals surface area contributed by atoms with Crippen molar-refractivity contribution in [2.75, 3.05) is 13.2 Å². The number of hydrogen-bond donors (Lipinski definition) is 8. The van der Waals surface area contributed by atoms with Crippen molar-refractivity contribution in [3.63, 3.8) is 0 Å². The topological polar surface area (TPSA) is 189 Å². The molecule has 1 aliphatic rings. The number of amides is 1. The molecule has 0 bridgehead atoms. The number of rotatable bonds is 41. The Hall–Kier alpha value is -1.41. The van der Waals surface area contributed by atoms with Crippen LogP contribution in [0.15, 0.2) is 24.3 Å². The van der Waals surface area contributed by atoms with Gasteiger partial charge in [0.15, 0.2) is 6.29 Å². The summed E-state index contributed by atoms with van der Waals surface area (Å²) in [6.07, 6.45) is 32.3. The van der Waals surface area contributed by atoms with E-state index in [1.807, 2.05) is 0 Å². The molecule has 1 fully saturated rings. The van der Waals surface area contributed by atoms with Crippen LogP contribution in [0.2, 0.25) is 0 Å². The molecule has 8 N–H and O–H groups in total. The summed E-state index contributed by atoms with van der Waals surface area (Å²) in [4.78, 5) is 13.1. The summed E-state index contributed by atoms with van der Waals surface area (Å²) in [5, 5.41) is 75.7. The molecule has 11 nitrogen and oxygen atoms in total. The normalized spacial score (nSPS) is 21.8. The van der Waals surface area contributed by atoms with Crippen molar-refractivity contribution < 1.29 is 50.0 Å². The average molecular weight is 856 g/mol. The highest BCUT2D eigenvalue weighted by Crippen LogP contribution is 2.23. The molecule has 0 aromatic heterocycles. The lowest BCUT2D eigenvalue weighted by Crippen LogP contribution is -2.60. The van der Waals surface area contributed by atoms with Crippen molar-refractivity contribution in [2.24, 2.45) is 0 Å². The van der Waals surface area contributed by atoms with Gasteiger partial charge in [0, 0.05) is 0 Å². The minimum atomic E-state index is -1.67. The summed E-state index contributed by atoms with van der Waals surface area (Å²) in [6.45, 7) is 3.43. The largest absolute Gasteiger partial charge is 0.394 e. The average Bonchev–Trinajstić information content (AvgIpc) is 3.25. The van der Waals surface area contributed by atoms with Gasteiger partial charge in [-0.05, 0) is 51.4 Å². The summed E-state index contributed by atoms with van der Waals surface area (Å²) < 4.78 is 11.1. The van der Waals surface area contributed by atoms with E-state index in [1.165, 1.54) is 128 Å². The van der Waals surface area contributed by atoms with Crippen LogP contribution in [-0.4, -0.2) is 110 Å². The Kier molecular flexibility index (Phi) is 37.0. The fourth-order valence-corrected chi connectivity index (χ4v) is 7.87. The zero-order valence-electron chi connectivity index (χ0n) is 38.2. The molecule has 1 aliphatic heterocycles. The van der Waals surface area contributed by atoms with Crippen molar-refractivity contribution >= 4 is 5.91 Å². The maximum absolute atomic E-state index is 13.1. The van der Waals surface area contributed by atoms with Gasteiger partial charge in [-0.3, -0.25) is 4.79 Å². The van der Waals surface area contributed by atoms with E-state index in [0.29, 0.717) is 19.3 Å². The van der Waals surface area contributed by atoms with Crippen molar-refractivity contribution in [2.45, 2.75) is 268 Å². The third kappa shape index (κ3) is 28.3. The van der Waals surface area contributed by atoms with Crippen LogP contribution in [0.25, 0.3) is 0 Å². The van der Waals surface area contributed by atoms with Crippen molar-refractivity contribution in [1.82, 2.24) is 5.32 Å². The fraction of sp³-hybridized carbons (Fsp3) is 0.898. The van der Waals surface area contributed by atoms with E-state index in [-0.39, 0.29) is 12.8 Å². The molecule has 11 heteroatoms. The molecule has 0 saturated carbocycles. The van der Waals surface area contributed by atoms with E-state index in [4.69, 9.17) is 9.47 Å². The first kappa shape index (κ1) is 56.6. The van der Waals surface area contributed by atoms with E-state index < -0.39 is 74.2 Å². The minimum absolute atomic E-state index is 0.248. The SMILES string of the molecule is CCCCCCCCCCCC/C=C/CC/C=C/CCCC(O)C(O)C(COC1OC(CO)C(O)C(O)C1O)NC(=O)C(O)CCCCCCCCCCCCCCCC. The highest BCUT2D eigenvalue weighted by atomic mass is 16.7. The molecule has 60 heavy (non-hydrogen) atoms. The molecule has 1 rings (SSSR count). The maximum atomic E-state index is 13.1. The van der Waals surface area contributed by atoms with Gasteiger partial charge in [-0.1, -0.05) is 186 Å². The third-order valence-electron chi connectivity index (χ3n) is 12.0. The number of hydrogen-bond acceptors (Lipinski definition) is 10. The fourth-order valence-electron chi connectivity index (χ4n) is 7.87. The molecule has 1 heterocycles. The van der Waals surface area contributed by atoms with Gasteiger partial charge < -0.3 is 50.5 Å². The first-order chi connectivity index (χ1) is 29.2. The summed E-state index contributed by atoms with van der Waals surface area (Å²) in [5.74, 6) is -0.709. The van der Waals surface area contributed by atoms with Crippen LogP contribution in [0, 0.1) is 0 Å². The number of aliphatic hydroxyl groups is 7. The molecule has 9 unspecified atom stereocenters. The van der Waals surface area contributed by atoms with Crippen LogP contribution in [0.3, 0.4) is 0 Å². The first-order valence-electron chi connectivity index (χ1n) is 24.7. The molecule has 354 valence electrons. The highest BCUT2D eigenvalue weighted by molar-refractivity contribution is 5.80. The quantitative estimate of drug-likeness (QED) is 0.0218. The zero-order valence-corrected chi connectivity index (χ0v) is 38.2. The van der Waals surface area contributed by atoms with Gasteiger partial charge in [0.25, 0.3) is 0 Å². The number of carbonyl (C=O) groups excluding carboxylic acids is 1. The van der Waals surface area contributed by atoms with E-state index >= 15 is 0 Å². The molecule has 0 aromatic carbocycles.